The van der Waals surface area contributed by atoms with Gasteiger partial charge >= 0.3 is 0 Å². The van der Waals surface area contributed by atoms with E-state index in [2.05, 4.69) is 34.4 Å². The van der Waals surface area contributed by atoms with Crippen LogP contribution in [-0.4, -0.2) is 62.3 Å². The zero-order chi connectivity index (χ0) is 21.7. The van der Waals surface area contributed by atoms with Gasteiger partial charge in [-0.05, 0) is 32.0 Å². The second kappa shape index (κ2) is 9.75. The molecule has 0 spiro atoms. The molecule has 162 valence electrons. The highest BCUT2D eigenvalue weighted by molar-refractivity contribution is 6.09. The Kier molecular flexibility index (Phi) is 7.10. The van der Waals surface area contributed by atoms with Crippen LogP contribution in [0.4, 0.5) is 17.5 Å². The van der Waals surface area contributed by atoms with Crippen molar-refractivity contribution in [1.29, 1.82) is 0 Å². The Hall–Kier alpha value is -2.87. The number of nitrogens with one attached hydrogen (secondary N) is 2. The minimum atomic E-state index is -0.106. The zero-order valence-corrected chi connectivity index (χ0v) is 18.5. The van der Waals surface area contributed by atoms with Gasteiger partial charge < -0.3 is 25.2 Å². The molecule has 0 saturated heterocycles. The van der Waals surface area contributed by atoms with Gasteiger partial charge in [0.25, 0.3) is 5.91 Å². The molecule has 0 fully saturated rings. The Morgan fingerprint density at radius 3 is 2.77 bits per heavy atom. The first-order valence-electron chi connectivity index (χ1n) is 10.5. The van der Waals surface area contributed by atoms with Gasteiger partial charge in [0.15, 0.2) is 0 Å². The molecule has 0 radical (unpaired) electrons. The van der Waals surface area contributed by atoms with Gasteiger partial charge in [-0.3, -0.25) is 4.79 Å². The molecule has 1 aromatic carbocycles. The molecule has 1 aliphatic heterocycles. The van der Waals surface area contributed by atoms with Crippen molar-refractivity contribution in [2.24, 2.45) is 5.92 Å². The Morgan fingerprint density at radius 2 is 2.07 bits per heavy atom. The average molecular weight is 413 g/mol. The Balaban J connectivity index is 1.88. The number of hydrogen-bond acceptors (Lipinski definition) is 7. The number of anilines is 3. The van der Waals surface area contributed by atoms with E-state index < -0.39 is 0 Å². The average Bonchev–Trinajstić information content (AvgIpc) is 2.85. The van der Waals surface area contributed by atoms with E-state index in [0.29, 0.717) is 36.3 Å². The number of carbonyl (C=O) groups excluding carboxylic acids is 1. The molecule has 3 rings (SSSR count). The zero-order valence-electron chi connectivity index (χ0n) is 18.5. The van der Waals surface area contributed by atoms with Crippen LogP contribution in [0.1, 0.15) is 31.1 Å². The molecule has 0 aliphatic carbocycles. The van der Waals surface area contributed by atoms with Crippen molar-refractivity contribution >= 4 is 23.4 Å². The topological polar surface area (TPSA) is 82.6 Å². The molecule has 0 saturated carbocycles. The predicted molar refractivity (Wildman–Crippen MR) is 121 cm³/mol. The number of rotatable bonds is 8. The first-order chi connectivity index (χ1) is 14.4. The SMILES string of the molecule is CCNc1ncc2c(n1)N(C)CCN(c1cccc(OC(CNC)C(C)C)c1)C2=O. The number of nitrogens with zero attached hydrogens (tertiary/aromatic N) is 4. The smallest absolute Gasteiger partial charge is 0.263 e. The van der Waals surface area contributed by atoms with E-state index in [9.17, 15) is 4.79 Å². The highest BCUT2D eigenvalue weighted by Gasteiger charge is 2.28. The quantitative estimate of drug-likeness (QED) is 0.690. The van der Waals surface area contributed by atoms with E-state index in [1.54, 1.807) is 11.1 Å². The van der Waals surface area contributed by atoms with Gasteiger partial charge in [0.05, 0.1) is 0 Å². The molecule has 2 N–H and O–H groups in total. The number of benzene rings is 1. The Morgan fingerprint density at radius 1 is 1.27 bits per heavy atom. The van der Waals surface area contributed by atoms with Gasteiger partial charge in [-0.25, -0.2) is 4.98 Å². The lowest BCUT2D eigenvalue weighted by Gasteiger charge is -2.25. The molecule has 1 unspecified atom stereocenters. The van der Waals surface area contributed by atoms with Crippen molar-refractivity contribution in [2.75, 3.05) is 55.4 Å². The normalized spacial score (nSPS) is 15.1. The van der Waals surface area contributed by atoms with Crippen LogP contribution in [-0.2, 0) is 0 Å². The number of carbonyl (C=O) groups is 1. The predicted octanol–water partition coefficient (Wildman–Crippen LogP) is 2.63. The molecule has 0 bridgehead atoms. The molecule has 2 aromatic rings. The second-order valence-electron chi connectivity index (χ2n) is 7.79. The summed E-state index contributed by atoms with van der Waals surface area (Å²) in [7, 11) is 3.87. The van der Waals surface area contributed by atoms with Crippen LogP contribution >= 0.6 is 0 Å². The van der Waals surface area contributed by atoms with Crippen LogP contribution in [0.15, 0.2) is 30.5 Å². The lowest BCUT2D eigenvalue weighted by atomic mass is 10.1. The van der Waals surface area contributed by atoms with E-state index in [4.69, 9.17) is 4.74 Å². The summed E-state index contributed by atoms with van der Waals surface area (Å²) in [6.07, 6.45) is 1.66. The molecule has 2 heterocycles. The maximum Gasteiger partial charge on any atom is 0.263 e. The molecule has 8 heteroatoms. The highest BCUT2D eigenvalue weighted by atomic mass is 16.5. The van der Waals surface area contributed by atoms with Crippen LogP contribution in [0.25, 0.3) is 0 Å². The maximum atomic E-state index is 13.3. The van der Waals surface area contributed by atoms with Crippen LogP contribution in [0, 0.1) is 5.92 Å². The van der Waals surface area contributed by atoms with Crippen molar-refractivity contribution in [2.45, 2.75) is 26.9 Å². The van der Waals surface area contributed by atoms with E-state index in [-0.39, 0.29) is 12.0 Å². The fraction of sp³-hybridized carbons (Fsp3) is 0.500. The summed E-state index contributed by atoms with van der Waals surface area (Å²) in [5.74, 6) is 2.19. The molecule has 1 amide bonds. The summed E-state index contributed by atoms with van der Waals surface area (Å²) in [6.45, 7) is 8.96. The van der Waals surface area contributed by atoms with Gasteiger partial charge in [0.1, 0.15) is 23.2 Å². The molecule has 8 nitrogen and oxygen atoms in total. The van der Waals surface area contributed by atoms with Crippen LogP contribution in [0.2, 0.25) is 0 Å². The summed E-state index contributed by atoms with van der Waals surface area (Å²) in [5, 5.41) is 6.28. The fourth-order valence-electron chi connectivity index (χ4n) is 3.42. The van der Waals surface area contributed by atoms with E-state index >= 15 is 0 Å². The molecule has 1 atom stereocenters. The summed E-state index contributed by atoms with van der Waals surface area (Å²) in [5.41, 5.74) is 1.31. The third-order valence-corrected chi connectivity index (χ3v) is 5.17. The molecule has 1 aromatic heterocycles. The Bertz CT molecular complexity index is 872. The summed E-state index contributed by atoms with van der Waals surface area (Å²) < 4.78 is 6.20. The summed E-state index contributed by atoms with van der Waals surface area (Å²) in [4.78, 5) is 26.0. The van der Waals surface area contributed by atoms with E-state index in [1.807, 2.05) is 50.2 Å². The standard InChI is InChI=1S/C22H32N6O2/c1-6-24-22-25-13-18-20(26-22)27(5)10-11-28(21(18)29)16-8-7-9-17(12-16)30-19(14-23-4)15(2)3/h7-9,12-13,15,19,23H,6,10-11,14H2,1-5H3,(H,24,25,26). The minimum Gasteiger partial charge on any atom is -0.489 e. The number of aromatic nitrogens is 2. The number of likely N-dealkylation sites (N-methyl/N-ethyl adjacent to an activating group) is 2. The Labute approximate surface area is 178 Å². The lowest BCUT2D eigenvalue weighted by molar-refractivity contribution is 0.0989. The molecular weight excluding hydrogens is 380 g/mol. The number of amides is 1. The summed E-state index contributed by atoms with van der Waals surface area (Å²) >= 11 is 0. The first-order valence-corrected chi connectivity index (χ1v) is 10.5. The monoisotopic (exact) mass is 412 g/mol. The van der Waals surface area contributed by atoms with Crippen LogP contribution in [0.5, 0.6) is 5.75 Å². The van der Waals surface area contributed by atoms with Crippen molar-refractivity contribution in [3.8, 4) is 5.75 Å². The number of ether oxygens (including phenoxy) is 1. The minimum absolute atomic E-state index is 0.0508. The lowest BCUT2D eigenvalue weighted by Crippen LogP contribution is -2.34. The highest BCUT2D eigenvalue weighted by Crippen LogP contribution is 2.29. The number of fused-ring (bicyclic) bond motifs is 1. The third kappa shape index (κ3) is 4.81. The second-order valence-corrected chi connectivity index (χ2v) is 7.79. The molecular formula is C22H32N6O2. The van der Waals surface area contributed by atoms with E-state index in [0.717, 1.165) is 24.5 Å². The maximum absolute atomic E-state index is 13.3. The van der Waals surface area contributed by atoms with Gasteiger partial charge in [0.2, 0.25) is 5.95 Å². The van der Waals surface area contributed by atoms with Gasteiger partial charge in [-0.2, -0.15) is 4.98 Å². The van der Waals surface area contributed by atoms with Crippen molar-refractivity contribution in [1.82, 2.24) is 15.3 Å². The molecule has 1 aliphatic rings. The van der Waals surface area contributed by atoms with E-state index in [1.165, 1.54) is 0 Å². The fourth-order valence-corrected chi connectivity index (χ4v) is 3.42. The third-order valence-electron chi connectivity index (χ3n) is 5.17. The van der Waals surface area contributed by atoms with Crippen LogP contribution in [0.3, 0.4) is 0 Å². The largest absolute Gasteiger partial charge is 0.489 e. The van der Waals surface area contributed by atoms with Crippen molar-refractivity contribution < 1.29 is 9.53 Å². The number of hydrogen-bond donors (Lipinski definition) is 2. The van der Waals surface area contributed by atoms with Crippen LogP contribution < -0.4 is 25.2 Å². The van der Waals surface area contributed by atoms with Crippen molar-refractivity contribution in [3.05, 3.63) is 36.0 Å². The van der Waals surface area contributed by atoms with Gasteiger partial charge in [0, 0.05) is 51.2 Å². The summed E-state index contributed by atoms with van der Waals surface area (Å²) in [6, 6.07) is 7.73. The van der Waals surface area contributed by atoms with Gasteiger partial charge in [-0.15, -0.1) is 0 Å². The van der Waals surface area contributed by atoms with Crippen molar-refractivity contribution in [3.63, 3.8) is 0 Å². The molecule has 30 heavy (non-hydrogen) atoms. The van der Waals surface area contributed by atoms with Gasteiger partial charge in [-0.1, -0.05) is 19.9 Å². The first kappa shape index (κ1) is 21.8.